The Bertz CT molecular complexity index is 525. The van der Waals surface area contributed by atoms with Gasteiger partial charge in [-0.25, -0.2) is 9.59 Å². The number of rotatable bonds is 4. The van der Waals surface area contributed by atoms with Crippen LogP contribution in [0.2, 0.25) is 0 Å². The Morgan fingerprint density at radius 2 is 1.18 bits per heavy atom. The van der Waals surface area contributed by atoms with Gasteiger partial charge in [-0.1, -0.05) is 18.8 Å². The number of benzene rings is 1. The van der Waals surface area contributed by atoms with Crippen LogP contribution in [0.3, 0.4) is 0 Å². The molecule has 22 heavy (non-hydrogen) atoms. The van der Waals surface area contributed by atoms with Crippen LogP contribution < -0.4 is 0 Å². The summed E-state index contributed by atoms with van der Waals surface area (Å²) in [7, 11) is -0.694. The lowest BCUT2D eigenvalue weighted by Gasteiger charge is -2.07. The molecule has 1 unspecified atom stereocenters. The van der Waals surface area contributed by atoms with E-state index in [1.54, 1.807) is 38.1 Å². The molecule has 0 aliphatic carbocycles. The molecule has 0 saturated heterocycles. The van der Waals surface area contributed by atoms with Crippen LogP contribution in [-0.2, 0) is 20.1 Å². The van der Waals surface area contributed by atoms with Gasteiger partial charge in [0.1, 0.15) is 0 Å². The van der Waals surface area contributed by atoms with Crippen molar-refractivity contribution in [3.8, 4) is 0 Å². The quantitative estimate of drug-likeness (QED) is 0.599. The number of ether oxygens (including phenoxy) is 2. The first-order valence-electron chi connectivity index (χ1n) is 6.21. The zero-order valence-electron chi connectivity index (χ0n) is 12.6. The van der Waals surface area contributed by atoms with Crippen LogP contribution >= 0.6 is 9.24 Å². The molecule has 1 aromatic carbocycles. The smallest absolute Gasteiger partial charge is 0.425 e. The molecule has 0 aromatic heterocycles. The molecule has 7 nitrogen and oxygen atoms in total. The molecule has 0 aliphatic heterocycles. The van der Waals surface area contributed by atoms with Crippen molar-refractivity contribution in [2.75, 3.05) is 19.9 Å². The second kappa shape index (κ2) is 14.2. The predicted molar refractivity (Wildman–Crippen MR) is 83.7 cm³/mol. The summed E-state index contributed by atoms with van der Waals surface area (Å²) in [6, 6.07) is 6.44. The molecule has 0 radical (unpaired) electrons. The van der Waals surface area contributed by atoms with Crippen molar-refractivity contribution < 1.29 is 31.7 Å². The SMILES string of the molecule is CCOC(=O)c1ccccc1C(=O)OCC.CP.O=S(=O)=O. The van der Waals surface area contributed by atoms with Crippen molar-refractivity contribution in [3.63, 3.8) is 0 Å². The molecular weight excluding hydrogens is 331 g/mol. The maximum Gasteiger partial charge on any atom is 0.425 e. The second-order valence-corrected chi connectivity index (χ2v) is 3.60. The van der Waals surface area contributed by atoms with E-state index in [4.69, 9.17) is 22.1 Å². The minimum Gasteiger partial charge on any atom is -0.462 e. The Kier molecular flexibility index (Phi) is 14.5. The average Bonchev–Trinajstić information content (AvgIpc) is 2.49. The van der Waals surface area contributed by atoms with E-state index >= 15 is 0 Å². The lowest BCUT2D eigenvalue weighted by atomic mass is 10.1. The van der Waals surface area contributed by atoms with Crippen molar-refractivity contribution in [3.05, 3.63) is 35.4 Å². The molecule has 1 aromatic rings. The molecule has 0 amide bonds. The molecule has 0 N–H and O–H groups in total. The van der Waals surface area contributed by atoms with Crippen LogP contribution in [0.4, 0.5) is 0 Å². The van der Waals surface area contributed by atoms with Gasteiger partial charge in [0.25, 0.3) is 0 Å². The van der Waals surface area contributed by atoms with Crippen molar-refractivity contribution >= 4 is 31.8 Å². The summed E-state index contributed by atoms with van der Waals surface area (Å²) in [5.74, 6) is -1.02. The summed E-state index contributed by atoms with van der Waals surface area (Å²) in [6.45, 7) is 5.89. The van der Waals surface area contributed by atoms with Crippen LogP contribution in [0.5, 0.6) is 0 Å². The first-order valence-corrected chi connectivity index (χ1v) is 8.37. The number of carbonyl (C=O) groups excluding carboxylic acids is 2. The van der Waals surface area contributed by atoms with Crippen molar-refractivity contribution in [2.24, 2.45) is 0 Å². The normalized spacial score (nSPS) is 8.36. The van der Waals surface area contributed by atoms with Crippen LogP contribution in [0.15, 0.2) is 24.3 Å². The van der Waals surface area contributed by atoms with Crippen molar-refractivity contribution in [1.29, 1.82) is 0 Å². The second-order valence-electron chi connectivity index (χ2n) is 3.19. The van der Waals surface area contributed by atoms with Gasteiger partial charge >= 0.3 is 22.5 Å². The lowest BCUT2D eigenvalue weighted by Crippen LogP contribution is -2.13. The highest BCUT2D eigenvalue weighted by atomic mass is 32.2. The Morgan fingerprint density at radius 1 is 0.909 bits per heavy atom. The Morgan fingerprint density at radius 3 is 1.41 bits per heavy atom. The van der Waals surface area contributed by atoms with Crippen LogP contribution in [0.1, 0.15) is 34.6 Å². The van der Waals surface area contributed by atoms with Gasteiger partial charge < -0.3 is 9.47 Å². The highest BCUT2D eigenvalue weighted by molar-refractivity contribution is 7.59. The maximum atomic E-state index is 11.5. The third kappa shape index (κ3) is 10.0. The minimum absolute atomic E-state index is 0.239. The lowest BCUT2D eigenvalue weighted by molar-refractivity contribution is 0.0479. The monoisotopic (exact) mass is 350 g/mol. The molecule has 0 spiro atoms. The molecular formula is C13H19O7PS. The van der Waals surface area contributed by atoms with E-state index in [1.165, 1.54) is 0 Å². The van der Waals surface area contributed by atoms with Gasteiger partial charge in [-0.2, -0.15) is 0 Å². The molecule has 0 bridgehead atoms. The van der Waals surface area contributed by atoms with Crippen molar-refractivity contribution in [1.82, 2.24) is 0 Å². The fraction of sp³-hybridized carbons (Fsp3) is 0.385. The Hall–Kier alpha value is -1.79. The van der Waals surface area contributed by atoms with Crippen LogP contribution in [-0.4, -0.2) is 44.4 Å². The molecule has 1 atom stereocenters. The molecule has 1 rings (SSSR count). The van der Waals surface area contributed by atoms with E-state index in [9.17, 15) is 9.59 Å². The summed E-state index contributed by atoms with van der Waals surface area (Å²) in [5.41, 5.74) is 0.477. The van der Waals surface area contributed by atoms with Gasteiger partial charge in [0, 0.05) is 0 Å². The Balaban J connectivity index is 0. The summed E-state index contributed by atoms with van der Waals surface area (Å²) in [5, 5.41) is 0. The van der Waals surface area contributed by atoms with Crippen LogP contribution in [0, 0.1) is 0 Å². The fourth-order valence-electron chi connectivity index (χ4n) is 1.26. The van der Waals surface area contributed by atoms with Gasteiger partial charge in [-0.3, -0.25) is 0 Å². The third-order valence-electron chi connectivity index (χ3n) is 1.92. The molecule has 0 fully saturated rings. The van der Waals surface area contributed by atoms with Gasteiger partial charge in [0.2, 0.25) is 0 Å². The van der Waals surface area contributed by atoms with Gasteiger partial charge in [0.05, 0.1) is 24.3 Å². The highest BCUT2D eigenvalue weighted by Gasteiger charge is 2.17. The predicted octanol–water partition coefficient (Wildman–Crippen LogP) is 1.53. The van der Waals surface area contributed by atoms with Gasteiger partial charge in [0.15, 0.2) is 0 Å². The third-order valence-corrected chi connectivity index (χ3v) is 1.92. The standard InChI is InChI=1S/C12H14O4.CH5P.O3S/c1-3-15-11(13)9-7-5-6-8-10(9)12(14)16-4-2;1-2;1-4(2)3/h5-8H,3-4H2,1-2H3;2H2,1H3;. The molecule has 0 saturated carbocycles. The summed E-state index contributed by atoms with van der Waals surface area (Å²) in [4.78, 5) is 23.1. The van der Waals surface area contributed by atoms with E-state index in [2.05, 4.69) is 9.24 Å². The first kappa shape index (κ1) is 22.5. The summed E-state index contributed by atoms with van der Waals surface area (Å²) < 4.78 is 35.0. The van der Waals surface area contributed by atoms with E-state index < -0.39 is 22.5 Å². The van der Waals surface area contributed by atoms with E-state index in [-0.39, 0.29) is 24.3 Å². The van der Waals surface area contributed by atoms with Gasteiger partial charge in [-0.05, 0) is 26.0 Å². The first-order chi connectivity index (χ1) is 10.4. The summed E-state index contributed by atoms with van der Waals surface area (Å²) >= 11 is 0. The largest absolute Gasteiger partial charge is 0.462 e. The van der Waals surface area contributed by atoms with Gasteiger partial charge in [-0.15, -0.1) is 21.9 Å². The van der Waals surface area contributed by atoms with E-state index in [0.717, 1.165) is 0 Å². The summed E-state index contributed by atoms with van der Waals surface area (Å²) in [6.07, 6.45) is 0. The zero-order chi connectivity index (χ0) is 17.5. The molecule has 0 aliphatic rings. The minimum atomic E-state index is -3.11. The van der Waals surface area contributed by atoms with Crippen molar-refractivity contribution in [2.45, 2.75) is 13.8 Å². The maximum absolute atomic E-state index is 11.5. The molecule has 124 valence electrons. The zero-order valence-corrected chi connectivity index (χ0v) is 14.5. The number of hydrogen-bond acceptors (Lipinski definition) is 7. The van der Waals surface area contributed by atoms with E-state index in [1.807, 2.05) is 6.66 Å². The Labute approximate surface area is 133 Å². The topological polar surface area (TPSA) is 104 Å². The highest BCUT2D eigenvalue weighted by Crippen LogP contribution is 2.11. The fourth-order valence-corrected chi connectivity index (χ4v) is 1.26. The number of carbonyl (C=O) groups is 2. The number of esters is 2. The molecule has 9 heteroatoms. The molecule has 0 heterocycles. The average molecular weight is 350 g/mol. The number of hydrogen-bond donors (Lipinski definition) is 0. The van der Waals surface area contributed by atoms with E-state index in [0.29, 0.717) is 0 Å². The van der Waals surface area contributed by atoms with Crippen LogP contribution in [0.25, 0.3) is 0 Å².